The van der Waals surface area contributed by atoms with E-state index < -0.39 is 0 Å². The summed E-state index contributed by atoms with van der Waals surface area (Å²) in [4.78, 5) is 2.45. The largest absolute Gasteiger partial charge is 0.318 e. The average molecular weight is 207 g/mol. The van der Waals surface area contributed by atoms with Gasteiger partial charge in [0.2, 0.25) is 0 Å². The lowest BCUT2D eigenvalue weighted by Gasteiger charge is -2.04. The summed E-state index contributed by atoms with van der Waals surface area (Å²) in [5.41, 5.74) is 7.00. The summed E-state index contributed by atoms with van der Waals surface area (Å²) in [5, 5.41) is 4.29. The Balaban J connectivity index is 2.28. The fourth-order valence-corrected chi connectivity index (χ4v) is 2.26. The maximum atomic E-state index is 6.08. The van der Waals surface area contributed by atoms with Crippen molar-refractivity contribution in [2.75, 3.05) is 0 Å². The third kappa shape index (κ3) is 1.71. The van der Waals surface area contributed by atoms with Crippen LogP contribution in [0.5, 0.6) is 0 Å². The Kier molecular flexibility index (Phi) is 2.39. The highest BCUT2D eigenvalue weighted by molar-refractivity contribution is 7.12. The number of rotatable bonds is 2. The second-order valence-corrected chi connectivity index (χ2v) is 4.66. The zero-order chi connectivity index (χ0) is 10.1. The molecule has 0 spiro atoms. The van der Waals surface area contributed by atoms with Gasteiger partial charge in [-0.15, -0.1) is 11.3 Å². The second kappa shape index (κ2) is 3.55. The van der Waals surface area contributed by atoms with Gasteiger partial charge in [-0.2, -0.15) is 5.10 Å². The molecule has 74 valence electrons. The maximum Gasteiger partial charge on any atom is 0.0845 e. The standard InChI is InChI=1S/C10H13N3S/c1-7-3-4-9(14-7)10(11)8-5-6-13(2)12-8/h3-6,10H,11H2,1-2H3. The molecule has 2 N–H and O–H groups in total. The van der Waals surface area contributed by atoms with Crippen LogP contribution in [0.2, 0.25) is 0 Å². The Hall–Kier alpha value is -1.13. The Morgan fingerprint density at radius 2 is 2.21 bits per heavy atom. The number of thiophene rings is 1. The first-order chi connectivity index (χ1) is 6.66. The van der Waals surface area contributed by atoms with Crippen LogP contribution in [-0.4, -0.2) is 9.78 Å². The molecular weight excluding hydrogens is 194 g/mol. The van der Waals surface area contributed by atoms with Crippen LogP contribution >= 0.6 is 11.3 Å². The molecule has 1 unspecified atom stereocenters. The highest BCUT2D eigenvalue weighted by atomic mass is 32.1. The van der Waals surface area contributed by atoms with Gasteiger partial charge in [0.15, 0.2) is 0 Å². The minimum absolute atomic E-state index is 0.0881. The van der Waals surface area contributed by atoms with E-state index in [1.54, 1.807) is 16.0 Å². The molecular formula is C10H13N3S. The van der Waals surface area contributed by atoms with Crippen LogP contribution in [0.4, 0.5) is 0 Å². The van der Waals surface area contributed by atoms with Gasteiger partial charge in [0.25, 0.3) is 0 Å². The molecule has 2 heterocycles. The molecule has 1 atom stereocenters. The lowest BCUT2D eigenvalue weighted by Crippen LogP contribution is -2.11. The first kappa shape index (κ1) is 9.43. The minimum atomic E-state index is -0.0881. The van der Waals surface area contributed by atoms with Crippen molar-refractivity contribution >= 4 is 11.3 Å². The van der Waals surface area contributed by atoms with E-state index in [1.807, 2.05) is 19.3 Å². The van der Waals surface area contributed by atoms with Crippen molar-refractivity contribution in [3.8, 4) is 0 Å². The van der Waals surface area contributed by atoms with E-state index in [9.17, 15) is 0 Å². The molecule has 0 aliphatic heterocycles. The fourth-order valence-electron chi connectivity index (χ4n) is 1.37. The zero-order valence-corrected chi connectivity index (χ0v) is 9.08. The van der Waals surface area contributed by atoms with E-state index >= 15 is 0 Å². The van der Waals surface area contributed by atoms with Crippen molar-refractivity contribution in [3.63, 3.8) is 0 Å². The monoisotopic (exact) mass is 207 g/mol. The number of nitrogens with two attached hydrogens (primary N) is 1. The molecule has 2 aromatic heterocycles. The lowest BCUT2D eigenvalue weighted by atomic mass is 10.2. The smallest absolute Gasteiger partial charge is 0.0845 e. The summed E-state index contributed by atoms with van der Waals surface area (Å²) in [6.45, 7) is 2.08. The molecule has 14 heavy (non-hydrogen) atoms. The summed E-state index contributed by atoms with van der Waals surface area (Å²) >= 11 is 1.73. The summed E-state index contributed by atoms with van der Waals surface area (Å²) in [5.74, 6) is 0. The average Bonchev–Trinajstić information content (AvgIpc) is 2.73. The van der Waals surface area contributed by atoms with Crippen molar-refractivity contribution in [2.45, 2.75) is 13.0 Å². The molecule has 0 bridgehead atoms. The highest BCUT2D eigenvalue weighted by Gasteiger charge is 2.12. The van der Waals surface area contributed by atoms with Crippen LogP contribution < -0.4 is 5.73 Å². The van der Waals surface area contributed by atoms with Gasteiger partial charge in [-0.25, -0.2) is 0 Å². The molecule has 2 aromatic rings. The Morgan fingerprint density at radius 3 is 2.71 bits per heavy atom. The third-order valence-electron chi connectivity index (χ3n) is 2.12. The molecule has 0 aliphatic carbocycles. The Bertz CT molecular complexity index is 390. The van der Waals surface area contributed by atoms with Gasteiger partial charge in [-0.05, 0) is 25.1 Å². The van der Waals surface area contributed by atoms with E-state index in [0.29, 0.717) is 0 Å². The number of hydrogen-bond acceptors (Lipinski definition) is 3. The van der Waals surface area contributed by atoms with Gasteiger partial charge in [0.1, 0.15) is 0 Å². The van der Waals surface area contributed by atoms with Gasteiger partial charge in [0, 0.05) is 23.0 Å². The van der Waals surface area contributed by atoms with Crippen molar-refractivity contribution in [2.24, 2.45) is 12.8 Å². The normalized spacial score (nSPS) is 13.1. The molecule has 2 rings (SSSR count). The fraction of sp³-hybridized carbons (Fsp3) is 0.300. The van der Waals surface area contributed by atoms with Gasteiger partial charge in [0.05, 0.1) is 11.7 Å². The van der Waals surface area contributed by atoms with Gasteiger partial charge < -0.3 is 5.73 Å². The molecule has 0 radical (unpaired) electrons. The van der Waals surface area contributed by atoms with E-state index in [4.69, 9.17) is 5.73 Å². The van der Waals surface area contributed by atoms with Crippen molar-refractivity contribution in [1.29, 1.82) is 0 Å². The van der Waals surface area contributed by atoms with Crippen LogP contribution in [0.15, 0.2) is 24.4 Å². The molecule has 0 amide bonds. The summed E-state index contributed by atoms with van der Waals surface area (Å²) in [6, 6.07) is 6.02. The van der Waals surface area contributed by atoms with E-state index in [0.717, 1.165) is 5.69 Å². The third-order valence-corrected chi connectivity index (χ3v) is 3.20. The second-order valence-electron chi connectivity index (χ2n) is 3.34. The SMILES string of the molecule is Cc1ccc(C(N)c2ccn(C)n2)s1. The van der Waals surface area contributed by atoms with Gasteiger partial charge in [-0.1, -0.05) is 0 Å². The van der Waals surface area contributed by atoms with Crippen LogP contribution in [0.1, 0.15) is 21.5 Å². The van der Waals surface area contributed by atoms with Crippen molar-refractivity contribution in [3.05, 3.63) is 39.8 Å². The molecule has 0 fully saturated rings. The van der Waals surface area contributed by atoms with Crippen LogP contribution in [0.3, 0.4) is 0 Å². The molecule has 0 aromatic carbocycles. The Morgan fingerprint density at radius 1 is 1.43 bits per heavy atom. The van der Waals surface area contributed by atoms with Crippen LogP contribution in [0.25, 0.3) is 0 Å². The number of nitrogens with zero attached hydrogens (tertiary/aromatic N) is 2. The van der Waals surface area contributed by atoms with Crippen LogP contribution in [-0.2, 0) is 7.05 Å². The highest BCUT2D eigenvalue weighted by Crippen LogP contribution is 2.24. The van der Waals surface area contributed by atoms with Crippen molar-refractivity contribution in [1.82, 2.24) is 9.78 Å². The lowest BCUT2D eigenvalue weighted by molar-refractivity contribution is 0.720. The Labute approximate surface area is 87.2 Å². The number of aryl methyl sites for hydroxylation is 2. The quantitative estimate of drug-likeness (QED) is 0.816. The zero-order valence-electron chi connectivity index (χ0n) is 8.27. The predicted molar refractivity (Wildman–Crippen MR) is 58.3 cm³/mol. The van der Waals surface area contributed by atoms with E-state index in [1.165, 1.54) is 9.75 Å². The first-order valence-corrected chi connectivity index (χ1v) is 5.30. The number of hydrogen-bond donors (Lipinski definition) is 1. The van der Waals surface area contributed by atoms with Crippen molar-refractivity contribution < 1.29 is 0 Å². The summed E-state index contributed by atoms with van der Waals surface area (Å²) in [7, 11) is 1.90. The molecule has 4 heteroatoms. The number of aromatic nitrogens is 2. The van der Waals surface area contributed by atoms with Crippen LogP contribution in [0, 0.1) is 6.92 Å². The van der Waals surface area contributed by atoms with Gasteiger partial charge >= 0.3 is 0 Å². The summed E-state index contributed by atoms with van der Waals surface area (Å²) < 4.78 is 1.77. The predicted octanol–water partition coefficient (Wildman–Crippen LogP) is 1.84. The van der Waals surface area contributed by atoms with E-state index in [-0.39, 0.29) is 6.04 Å². The molecule has 0 aliphatic rings. The first-order valence-electron chi connectivity index (χ1n) is 4.48. The summed E-state index contributed by atoms with van der Waals surface area (Å²) in [6.07, 6.45) is 1.91. The van der Waals surface area contributed by atoms with E-state index in [2.05, 4.69) is 24.2 Å². The minimum Gasteiger partial charge on any atom is -0.318 e. The maximum absolute atomic E-state index is 6.08. The van der Waals surface area contributed by atoms with Gasteiger partial charge in [-0.3, -0.25) is 4.68 Å². The topological polar surface area (TPSA) is 43.8 Å². The molecule has 3 nitrogen and oxygen atoms in total. The molecule has 0 saturated carbocycles. The molecule has 0 saturated heterocycles.